The molecule has 0 aliphatic heterocycles. The third kappa shape index (κ3) is 1.62. The third-order valence-corrected chi connectivity index (χ3v) is 3.60. The molecular weight excluding hydrogens is 246 g/mol. The number of pyridine rings is 1. The van der Waals surface area contributed by atoms with Gasteiger partial charge in [-0.1, -0.05) is 0 Å². The highest BCUT2D eigenvalue weighted by Crippen LogP contribution is 2.29. The molecule has 6 heteroatoms. The van der Waals surface area contributed by atoms with Crippen LogP contribution in [0.2, 0.25) is 0 Å². The van der Waals surface area contributed by atoms with Gasteiger partial charge in [0.05, 0.1) is 16.1 Å². The first-order valence-electron chi connectivity index (χ1n) is 5.50. The molecule has 0 fully saturated rings. The average Bonchev–Trinajstić information content (AvgIpc) is 2.97. The summed E-state index contributed by atoms with van der Waals surface area (Å²) in [6.07, 6.45) is 3.78. The predicted molar refractivity (Wildman–Crippen MR) is 75.0 cm³/mol. The number of nitrogens with zero attached hydrogens (tertiary/aromatic N) is 4. The van der Waals surface area contributed by atoms with Crippen LogP contribution in [0.1, 0.15) is 0 Å². The summed E-state index contributed by atoms with van der Waals surface area (Å²) in [6.45, 7) is 0. The standard InChI is InChI=1S/C12H13N5S/c1-16(2)8-3-4-10-15-11(9-5-14-7-18-9)12(13)17(10)6-8/h3-7H,13H2,1-2H3. The van der Waals surface area contributed by atoms with Crippen molar-refractivity contribution in [1.29, 1.82) is 0 Å². The monoisotopic (exact) mass is 259 g/mol. The van der Waals surface area contributed by atoms with Crippen molar-refractivity contribution in [3.63, 3.8) is 0 Å². The Balaban J connectivity index is 2.22. The second-order valence-electron chi connectivity index (χ2n) is 4.22. The van der Waals surface area contributed by atoms with Gasteiger partial charge in [-0.15, -0.1) is 11.3 Å². The molecule has 2 N–H and O–H groups in total. The number of anilines is 2. The highest BCUT2D eigenvalue weighted by Gasteiger charge is 2.13. The van der Waals surface area contributed by atoms with E-state index in [1.807, 2.05) is 41.7 Å². The second-order valence-corrected chi connectivity index (χ2v) is 5.11. The molecule has 0 saturated heterocycles. The number of thiazole rings is 1. The molecule has 0 aliphatic carbocycles. The third-order valence-electron chi connectivity index (χ3n) is 2.82. The Labute approximate surface area is 109 Å². The summed E-state index contributed by atoms with van der Waals surface area (Å²) in [5.41, 5.74) is 10.7. The van der Waals surface area contributed by atoms with Gasteiger partial charge in [-0.3, -0.25) is 9.38 Å². The van der Waals surface area contributed by atoms with Gasteiger partial charge in [-0.05, 0) is 12.1 Å². The van der Waals surface area contributed by atoms with E-state index in [-0.39, 0.29) is 0 Å². The van der Waals surface area contributed by atoms with Crippen LogP contribution in [0.3, 0.4) is 0 Å². The molecule has 3 aromatic rings. The Bertz CT molecular complexity index is 684. The number of nitrogen functional groups attached to an aromatic ring is 1. The minimum Gasteiger partial charge on any atom is -0.383 e. The van der Waals surface area contributed by atoms with Gasteiger partial charge in [-0.2, -0.15) is 0 Å². The van der Waals surface area contributed by atoms with Gasteiger partial charge >= 0.3 is 0 Å². The number of aromatic nitrogens is 3. The Morgan fingerprint density at radius 1 is 1.33 bits per heavy atom. The van der Waals surface area contributed by atoms with E-state index in [1.165, 1.54) is 11.3 Å². The van der Waals surface area contributed by atoms with Gasteiger partial charge < -0.3 is 10.6 Å². The van der Waals surface area contributed by atoms with Gasteiger partial charge in [0.15, 0.2) is 0 Å². The molecule has 0 bridgehead atoms. The zero-order valence-corrected chi connectivity index (χ0v) is 11.0. The Morgan fingerprint density at radius 2 is 2.17 bits per heavy atom. The summed E-state index contributed by atoms with van der Waals surface area (Å²) in [5.74, 6) is 0.651. The fraction of sp³-hybridized carbons (Fsp3) is 0.167. The quantitative estimate of drug-likeness (QED) is 0.765. The maximum Gasteiger partial charge on any atom is 0.139 e. The summed E-state index contributed by atoms with van der Waals surface area (Å²) >= 11 is 1.54. The highest BCUT2D eigenvalue weighted by atomic mass is 32.1. The van der Waals surface area contributed by atoms with E-state index in [0.717, 1.165) is 21.9 Å². The van der Waals surface area contributed by atoms with Crippen LogP contribution in [0.25, 0.3) is 16.2 Å². The smallest absolute Gasteiger partial charge is 0.139 e. The molecule has 0 radical (unpaired) electrons. The number of rotatable bonds is 2. The number of nitrogens with two attached hydrogens (primary N) is 1. The average molecular weight is 259 g/mol. The molecule has 92 valence electrons. The normalized spacial score (nSPS) is 11.0. The van der Waals surface area contributed by atoms with Crippen molar-refractivity contribution in [2.75, 3.05) is 24.7 Å². The van der Waals surface area contributed by atoms with Crippen molar-refractivity contribution in [3.8, 4) is 10.6 Å². The largest absolute Gasteiger partial charge is 0.383 e. The number of imidazole rings is 1. The fourth-order valence-electron chi connectivity index (χ4n) is 1.83. The molecule has 3 rings (SSSR count). The first-order valence-corrected chi connectivity index (χ1v) is 6.38. The van der Waals surface area contributed by atoms with Crippen molar-refractivity contribution in [2.24, 2.45) is 0 Å². The molecule has 18 heavy (non-hydrogen) atoms. The van der Waals surface area contributed by atoms with Crippen LogP contribution < -0.4 is 10.6 Å². The SMILES string of the molecule is CN(C)c1ccc2nc(-c3cncs3)c(N)n2c1. The van der Waals surface area contributed by atoms with Gasteiger partial charge in [0.2, 0.25) is 0 Å². The lowest BCUT2D eigenvalue weighted by molar-refractivity contribution is 1.09. The lowest BCUT2D eigenvalue weighted by Crippen LogP contribution is -2.09. The molecule has 0 atom stereocenters. The molecular formula is C12H13N5S. The highest BCUT2D eigenvalue weighted by molar-refractivity contribution is 7.13. The zero-order valence-electron chi connectivity index (χ0n) is 10.2. The Morgan fingerprint density at radius 3 is 2.83 bits per heavy atom. The number of hydrogen-bond acceptors (Lipinski definition) is 5. The van der Waals surface area contributed by atoms with E-state index in [1.54, 1.807) is 11.7 Å². The molecule has 0 aliphatic rings. The van der Waals surface area contributed by atoms with Crippen molar-refractivity contribution in [3.05, 3.63) is 30.0 Å². The van der Waals surface area contributed by atoms with E-state index in [9.17, 15) is 0 Å². The van der Waals surface area contributed by atoms with Gasteiger partial charge in [0, 0.05) is 26.5 Å². The topological polar surface area (TPSA) is 59.5 Å². The summed E-state index contributed by atoms with van der Waals surface area (Å²) in [6, 6.07) is 3.99. The van der Waals surface area contributed by atoms with Crippen LogP contribution in [0.15, 0.2) is 30.0 Å². The lowest BCUT2D eigenvalue weighted by atomic mass is 10.4. The summed E-state index contributed by atoms with van der Waals surface area (Å²) < 4.78 is 1.91. The van der Waals surface area contributed by atoms with Gasteiger partial charge in [0.25, 0.3) is 0 Å². The maximum absolute atomic E-state index is 6.16. The Kier molecular flexibility index (Phi) is 2.45. The van der Waals surface area contributed by atoms with E-state index in [0.29, 0.717) is 5.82 Å². The molecule has 0 spiro atoms. The summed E-state index contributed by atoms with van der Waals surface area (Å²) in [4.78, 5) is 11.6. The van der Waals surface area contributed by atoms with Crippen molar-refractivity contribution < 1.29 is 0 Å². The molecule has 3 aromatic heterocycles. The molecule has 0 saturated carbocycles. The molecule has 3 heterocycles. The van der Waals surface area contributed by atoms with E-state index < -0.39 is 0 Å². The van der Waals surface area contributed by atoms with Crippen LogP contribution in [0.5, 0.6) is 0 Å². The first-order chi connectivity index (χ1) is 8.66. The van der Waals surface area contributed by atoms with Crippen LogP contribution in [-0.2, 0) is 0 Å². The fourth-order valence-corrected chi connectivity index (χ4v) is 2.45. The first kappa shape index (κ1) is 11.0. The number of hydrogen-bond donors (Lipinski definition) is 1. The molecule has 5 nitrogen and oxygen atoms in total. The lowest BCUT2D eigenvalue weighted by Gasteiger charge is -2.12. The van der Waals surface area contributed by atoms with Crippen LogP contribution in [0.4, 0.5) is 11.5 Å². The summed E-state index contributed by atoms with van der Waals surface area (Å²) in [5, 5.41) is 0. The van der Waals surface area contributed by atoms with Gasteiger partial charge in [-0.25, -0.2) is 4.98 Å². The van der Waals surface area contributed by atoms with E-state index in [2.05, 4.69) is 9.97 Å². The van der Waals surface area contributed by atoms with Crippen molar-refractivity contribution >= 4 is 28.5 Å². The van der Waals surface area contributed by atoms with Crippen LogP contribution in [0, 0.1) is 0 Å². The van der Waals surface area contributed by atoms with E-state index >= 15 is 0 Å². The summed E-state index contributed by atoms with van der Waals surface area (Å²) in [7, 11) is 4.00. The molecule has 0 unspecified atom stereocenters. The minimum absolute atomic E-state index is 0.651. The second kappa shape index (κ2) is 3.99. The van der Waals surface area contributed by atoms with Gasteiger partial charge in [0.1, 0.15) is 17.2 Å². The van der Waals surface area contributed by atoms with E-state index in [4.69, 9.17) is 5.73 Å². The minimum atomic E-state index is 0.651. The number of fused-ring (bicyclic) bond motifs is 1. The maximum atomic E-state index is 6.16. The van der Waals surface area contributed by atoms with Crippen LogP contribution in [-0.4, -0.2) is 28.5 Å². The van der Waals surface area contributed by atoms with Crippen LogP contribution >= 0.6 is 11.3 Å². The van der Waals surface area contributed by atoms with Crippen molar-refractivity contribution in [2.45, 2.75) is 0 Å². The Hall–Kier alpha value is -2.08. The predicted octanol–water partition coefficient (Wildman–Crippen LogP) is 2.11. The molecule has 0 aromatic carbocycles. The molecule has 0 amide bonds. The van der Waals surface area contributed by atoms with Crippen molar-refractivity contribution in [1.82, 2.24) is 14.4 Å². The zero-order chi connectivity index (χ0) is 12.7.